The van der Waals surface area contributed by atoms with E-state index < -0.39 is 18.2 Å². The number of ether oxygens (including phenoxy) is 3. The SMILES string of the molecule is C=CC(=O)OCCOC(=O)Nc1ccc(NC(=O)OCCC(C)(C)C/C=C/C)cc1C. The molecule has 0 aliphatic rings. The minimum absolute atomic E-state index is 0.0542. The number of hydrogen-bond donors (Lipinski definition) is 2. The van der Waals surface area contributed by atoms with Crippen LogP contribution in [0.2, 0.25) is 0 Å². The van der Waals surface area contributed by atoms with Gasteiger partial charge in [-0.05, 0) is 55.9 Å². The van der Waals surface area contributed by atoms with Crippen LogP contribution in [-0.4, -0.2) is 38.0 Å². The van der Waals surface area contributed by atoms with Crippen molar-refractivity contribution in [3.05, 3.63) is 48.6 Å². The van der Waals surface area contributed by atoms with Gasteiger partial charge < -0.3 is 14.2 Å². The summed E-state index contributed by atoms with van der Waals surface area (Å²) >= 11 is 0. The molecule has 0 bridgehead atoms. The Morgan fingerprint density at radius 1 is 1.03 bits per heavy atom. The van der Waals surface area contributed by atoms with Crippen molar-refractivity contribution in [3.63, 3.8) is 0 Å². The lowest BCUT2D eigenvalue weighted by atomic mass is 9.86. The van der Waals surface area contributed by atoms with E-state index in [-0.39, 0.29) is 18.6 Å². The number of esters is 1. The highest BCUT2D eigenvalue weighted by Crippen LogP contribution is 2.25. The molecule has 2 amide bonds. The molecule has 2 N–H and O–H groups in total. The number of benzene rings is 1. The monoisotopic (exact) mass is 432 g/mol. The van der Waals surface area contributed by atoms with Crippen LogP contribution in [0.1, 0.15) is 39.2 Å². The van der Waals surface area contributed by atoms with Gasteiger partial charge in [-0.15, -0.1) is 0 Å². The molecule has 0 atom stereocenters. The number of nitrogens with one attached hydrogen (secondary N) is 2. The minimum Gasteiger partial charge on any atom is -0.459 e. The van der Waals surface area contributed by atoms with Gasteiger partial charge >= 0.3 is 18.2 Å². The van der Waals surface area contributed by atoms with Gasteiger partial charge in [0.2, 0.25) is 0 Å². The van der Waals surface area contributed by atoms with Crippen LogP contribution in [0.5, 0.6) is 0 Å². The molecule has 0 heterocycles. The number of rotatable bonds is 11. The fourth-order valence-electron chi connectivity index (χ4n) is 2.48. The number of carbonyl (C=O) groups excluding carboxylic acids is 3. The highest BCUT2D eigenvalue weighted by molar-refractivity contribution is 5.88. The van der Waals surface area contributed by atoms with Gasteiger partial charge in [-0.25, -0.2) is 14.4 Å². The molecular formula is C23H32N2O6. The third-order valence-corrected chi connectivity index (χ3v) is 4.36. The number of hydrogen-bond acceptors (Lipinski definition) is 6. The second-order valence-corrected chi connectivity index (χ2v) is 7.61. The van der Waals surface area contributed by atoms with Crippen molar-refractivity contribution in [1.82, 2.24) is 0 Å². The average Bonchev–Trinajstić information content (AvgIpc) is 2.71. The van der Waals surface area contributed by atoms with E-state index in [1.165, 1.54) is 0 Å². The summed E-state index contributed by atoms with van der Waals surface area (Å²) in [6.45, 7) is 11.5. The molecule has 0 saturated heterocycles. The van der Waals surface area contributed by atoms with Gasteiger partial charge in [0, 0.05) is 17.5 Å². The topological polar surface area (TPSA) is 103 Å². The molecule has 8 nitrogen and oxygen atoms in total. The Bertz CT molecular complexity index is 801. The van der Waals surface area contributed by atoms with E-state index >= 15 is 0 Å². The zero-order chi connectivity index (χ0) is 23.3. The second kappa shape index (κ2) is 13.1. The van der Waals surface area contributed by atoms with Crippen LogP contribution in [0.4, 0.5) is 21.0 Å². The summed E-state index contributed by atoms with van der Waals surface area (Å²) in [4.78, 5) is 34.7. The first-order valence-corrected chi connectivity index (χ1v) is 10.1. The molecule has 0 spiro atoms. The highest BCUT2D eigenvalue weighted by atomic mass is 16.6. The quantitative estimate of drug-likeness (QED) is 0.164. The Hall–Kier alpha value is -3.29. The normalized spacial score (nSPS) is 11.0. The fourth-order valence-corrected chi connectivity index (χ4v) is 2.48. The van der Waals surface area contributed by atoms with Crippen molar-refractivity contribution in [2.45, 2.75) is 40.5 Å². The molecule has 0 aromatic heterocycles. The Balaban J connectivity index is 2.43. The van der Waals surface area contributed by atoms with E-state index in [2.05, 4.69) is 37.1 Å². The zero-order valence-electron chi connectivity index (χ0n) is 18.7. The lowest BCUT2D eigenvalue weighted by molar-refractivity contribution is -0.138. The van der Waals surface area contributed by atoms with Crippen LogP contribution < -0.4 is 10.6 Å². The standard InChI is InChI=1S/C23H32N2O6/c1-6-8-11-23(4,5)12-13-30-21(27)24-18-9-10-19(17(3)16-18)25-22(28)31-15-14-29-20(26)7-2/h6-10,16H,2,11-15H2,1,3-5H3,(H,24,27)(H,25,28)/b8-6+. The molecule has 1 rings (SSSR count). The molecule has 8 heteroatoms. The van der Waals surface area contributed by atoms with Crippen molar-refractivity contribution < 1.29 is 28.6 Å². The van der Waals surface area contributed by atoms with E-state index in [4.69, 9.17) is 14.2 Å². The summed E-state index contributed by atoms with van der Waals surface area (Å²) in [6, 6.07) is 4.99. The molecule has 0 radical (unpaired) electrons. The Morgan fingerprint density at radius 2 is 1.68 bits per heavy atom. The van der Waals surface area contributed by atoms with Crippen molar-refractivity contribution in [2.24, 2.45) is 5.41 Å². The first-order valence-electron chi connectivity index (χ1n) is 10.1. The van der Waals surface area contributed by atoms with E-state index in [0.717, 1.165) is 24.5 Å². The number of allylic oxidation sites excluding steroid dienone is 2. The summed E-state index contributed by atoms with van der Waals surface area (Å²) in [5.74, 6) is -0.584. The smallest absolute Gasteiger partial charge is 0.411 e. The van der Waals surface area contributed by atoms with Gasteiger partial charge in [0.1, 0.15) is 13.2 Å². The van der Waals surface area contributed by atoms with Crippen LogP contribution in [0.25, 0.3) is 0 Å². The first-order chi connectivity index (χ1) is 14.7. The molecule has 0 saturated carbocycles. The molecular weight excluding hydrogens is 400 g/mol. The van der Waals surface area contributed by atoms with E-state index in [0.29, 0.717) is 18.0 Å². The Labute approximate surface area is 183 Å². The maximum Gasteiger partial charge on any atom is 0.411 e. The summed E-state index contributed by atoms with van der Waals surface area (Å²) in [5, 5.41) is 5.26. The van der Waals surface area contributed by atoms with Crippen LogP contribution in [-0.2, 0) is 19.0 Å². The molecule has 0 aliphatic carbocycles. The maximum atomic E-state index is 12.0. The highest BCUT2D eigenvalue weighted by Gasteiger charge is 2.17. The van der Waals surface area contributed by atoms with Gasteiger partial charge in [0.25, 0.3) is 0 Å². The summed E-state index contributed by atoms with van der Waals surface area (Å²) in [7, 11) is 0. The number of anilines is 2. The zero-order valence-corrected chi connectivity index (χ0v) is 18.7. The third kappa shape index (κ3) is 10.9. The largest absolute Gasteiger partial charge is 0.459 e. The van der Waals surface area contributed by atoms with Gasteiger partial charge in [-0.1, -0.05) is 32.6 Å². The van der Waals surface area contributed by atoms with Gasteiger partial charge in [0.15, 0.2) is 0 Å². The Morgan fingerprint density at radius 3 is 2.32 bits per heavy atom. The minimum atomic E-state index is -0.682. The van der Waals surface area contributed by atoms with E-state index in [9.17, 15) is 14.4 Å². The van der Waals surface area contributed by atoms with Crippen LogP contribution >= 0.6 is 0 Å². The molecule has 0 fully saturated rings. The fraction of sp³-hybridized carbons (Fsp3) is 0.435. The van der Waals surface area contributed by atoms with Crippen LogP contribution in [0.15, 0.2) is 43.0 Å². The molecule has 170 valence electrons. The molecule has 1 aromatic carbocycles. The Kier molecular flexibility index (Phi) is 10.9. The van der Waals surface area contributed by atoms with E-state index in [1.54, 1.807) is 25.1 Å². The summed E-state index contributed by atoms with van der Waals surface area (Å²) < 4.78 is 14.9. The van der Waals surface area contributed by atoms with Gasteiger partial charge in [0.05, 0.1) is 6.61 Å². The molecule has 0 aliphatic heterocycles. The maximum absolute atomic E-state index is 12.0. The van der Waals surface area contributed by atoms with Crippen LogP contribution in [0.3, 0.4) is 0 Å². The number of carbonyl (C=O) groups is 3. The van der Waals surface area contributed by atoms with Crippen molar-refractivity contribution in [2.75, 3.05) is 30.5 Å². The predicted octanol–water partition coefficient (Wildman–Crippen LogP) is 5.20. The van der Waals surface area contributed by atoms with Crippen molar-refractivity contribution in [1.29, 1.82) is 0 Å². The number of aryl methyl sites for hydroxylation is 1. The predicted molar refractivity (Wildman–Crippen MR) is 120 cm³/mol. The summed E-state index contributed by atoms with van der Waals surface area (Å²) in [5.41, 5.74) is 1.85. The molecule has 1 aromatic rings. The van der Waals surface area contributed by atoms with Gasteiger partial charge in [-0.2, -0.15) is 0 Å². The number of amides is 2. The lowest BCUT2D eigenvalue weighted by Crippen LogP contribution is -2.19. The first kappa shape index (κ1) is 25.7. The molecule has 0 unspecified atom stereocenters. The van der Waals surface area contributed by atoms with Crippen LogP contribution in [0, 0.1) is 12.3 Å². The summed E-state index contributed by atoms with van der Waals surface area (Å²) in [6.07, 6.45) is 5.60. The van der Waals surface area contributed by atoms with Crippen molar-refractivity contribution >= 4 is 29.5 Å². The average molecular weight is 433 g/mol. The second-order valence-electron chi connectivity index (χ2n) is 7.61. The lowest BCUT2D eigenvalue weighted by Gasteiger charge is -2.22. The third-order valence-electron chi connectivity index (χ3n) is 4.36. The van der Waals surface area contributed by atoms with Gasteiger partial charge in [-0.3, -0.25) is 10.6 Å². The molecule has 31 heavy (non-hydrogen) atoms. The van der Waals surface area contributed by atoms with Crippen molar-refractivity contribution in [3.8, 4) is 0 Å². The van der Waals surface area contributed by atoms with E-state index in [1.807, 2.05) is 13.0 Å².